The number of benzene rings is 1. The summed E-state index contributed by atoms with van der Waals surface area (Å²) < 4.78 is 15.4. The van der Waals surface area contributed by atoms with Crippen LogP contribution in [0.25, 0.3) is 0 Å². The summed E-state index contributed by atoms with van der Waals surface area (Å²) in [4.78, 5) is 33.3. The summed E-state index contributed by atoms with van der Waals surface area (Å²) in [6.07, 6.45) is 6.73. The normalized spacial score (nSPS) is 17.3. The Morgan fingerprint density at radius 2 is 1.88 bits per heavy atom. The third-order valence-corrected chi connectivity index (χ3v) is 6.28. The van der Waals surface area contributed by atoms with Gasteiger partial charge >= 0.3 is 6.03 Å². The van der Waals surface area contributed by atoms with Gasteiger partial charge in [0.05, 0.1) is 24.7 Å². The number of rotatable bonds is 3. The number of piperidine rings is 1. The molecule has 3 amide bonds. The first-order chi connectivity index (χ1) is 15.5. The summed E-state index contributed by atoms with van der Waals surface area (Å²) in [7, 11) is 0. The number of anilines is 2. The molecule has 1 spiro atoms. The van der Waals surface area contributed by atoms with Crippen molar-refractivity contribution < 1.29 is 14.0 Å². The van der Waals surface area contributed by atoms with Gasteiger partial charge in [-0.05, 0) is 48.7 Å². The molecule has 8 nitrogen and oxygen atoms in total. The Bertz CT molecular complexity index is 1140. The Labute approximate surface area is 184 Å². The van der Waals surface area contributed by atoms with Crippen molar-refractivity contribution in [2.45, 2.75) is 31.3 Å². The van der Waals surface area contributed by atoms with E-state index in [4.69, 9.17) is 0 Å². The van der Waals surface area contributed by atoms with Gasteiger partial charge in [-0.1, -0.05) is 6.07 Å². The molecule has 1 fully saturated rings. The Kier molecular flexibility index (Phi) is 5.08. The molecule has 0 atom stereocenters. The van der Waals surface area contributed by atoms with Gasteiger partial charge in [-0.15, -0.1) is 0 Å². The molecule has 164 valence electrons. The smallest absolute Gasteiger partial charge is 0.321 e. The van der Waals surface area contributed by atoms with Crippen LogP contribution in [0.1, 0.15) is 24.8 Å². The van der Waals surface area contributed by atoms with E-state index in [9.17, 15) is 14.0 Å². The van der Waals surface area contributed by atoms with Crippen LogP contribution in [0, 0.1) is 5.82 Å². The van der Waals surface area contributed by atoms with Gasteiger partial charge in [-0.2, -0.15) is 5.10 Å². The topological polar surface area (TPSA) is 83.4 Å². The van der Waals surface area contributed by atoms with E-state index in [0.29, 0.717) is 44.6 Å². The maximum Gasteiger partial charge on any atom is 0.321 e. The van der Waals surface area contributed by atoms with E-state index in [2.05, 4.69) is 15.4 Å². The number of aromatic nitrogens is 3. The molecule has 3 aromatic rings. The number of hydrogen-bond donors (Lipinski definition) is 1. The number of amides is 3. The van der Waals surface area contributed by atoms with E-state index in [1.165, 1.54) is 12.1 Å². The van der Waals surface area contributed by atoms with E-state index in [-0.39, 0.29) is 11.9 Å². The Hall–Kier alpha value is -3.75. The summed E-state index contributed by atoms with van der Waals surface area (Å²) >= 11 is 0. The largest absolute Gasteiger partial charge is 0.324 e. The van der Waals surface area contributed by atoms with Crippen molar-refractivity contribution in [2.24, 2.45) is 0 Å². The molecule has 0 bridgehead atoms. The van der Waals surface area contributed by atoms with Gasteiger partial charge in [0.15, 0.2) is 0 Å². The first-order valence-corrected chi connectivity index (χ1v) is 10.6. The fourth-order valence-corrected chi connectivity index (χ4v) is 4.57. The Balaban J connectivity index is 1.30. The van der Waals surface area contributed by atoms with Gasteiger partial charge in [0.2, 0.25) is 5.91 Å². The predicted octanol–water partition coefficient (Wildman–Crippen LogP) is 3.38. The van der Waals surface area contributed by atoms with E-state index in [0.717, 1.165) is 11.4 Å². The van der Waals surface area contributed by atoms with Crippen LogP contribution in [0.15, 0.2) is 61.1 Å². The number of carbonyl (C=O) groups excluding carboxylic acids is 2. The highest BCUT2D eigenvalue weighted by Crippen LogP contribution is 2.41. The predicted molar refractivity (Wildman–Crippen MR) is 116 cm³/mol. The van der Waals surface area contributed by atoms with Crippen LogP contribution in [0.2, 0.25) is 0 Å². The summed E-state index contributed by atoms with van der Waals surface area (Å²) in [5, 5.41) is 7.30. The van der Waals surface area contributed by atoms with Crippen molar-refractivity contribution in [3.05, 3.63) is 72.4 Å². The summed E-state index contributed by atoms with van der Waals surface area (Å²) in [6.45, 7) is 1.43. The zero-order valence-electron chi connectivity index (χ0n) is 17.4. The third-order valence-electron chi connectivity index (χ3n) is 6.28. The summed E-state index contributed by atoms with van der Waals surface area (Å²) in [6, 6.07) is 11.2. The highest BCUT2D eigenvalue weighted by Gasteiger charge is 2.46. The fourth-order valence-electron chi connectivity index (χ4n) is 4.57. The summed E-state index contributed by atoms with van der Waals surface area (Å²) in [5.74, 6) is 0.423. The Morgan fingerprint density at radius 3 is 2.62 bits per heavy atom. The van der Waals surface area contributed by atoms with E-state index in [1.54, 1.807) is 40.5 Å². The minimum atomic E-state index is -0.444. The lowest BCUT2D eigenvalue weighted by Crippen LogP contribution is -2.55. The van der Waals surface area contributed by atoms with E-state index in [1.807, 2.05) is 22.9 Å². The van der Waals surface area contributed by atoms with Gasteiger partial charge in [-0.25, -0.2) is 13.9 Å². The second kappa shape index (κ2) is 8.07. The number of fused-ring (bicyclic) bond motifs is 2. The number of pyridine rings is 1. The highest BCUT2D eigenvalue weighted by molar-refractivity contribution is 5.94. The van der Waals surface area contributed by atoms with Crippen molar-refractivity contribution >= 4 is 23.4 Å². The average Bonchev–Trinajstić information content (AvgIpc) is 3.29. The lowest BCUT2D eigenvalue weighted by molar-refractivity contribution is -0.123. The minimum absolute atomic E-state index is 0.0486. The van der Waals surface area contributed by atoms with Crippen molar-refractivity contribution in [1.82, 2.24) is 19.7 Å². The molecule has 2 aliphatic rings. The van der Waals surface area contributed by atoms with Crippen LogP contribution in [0.5, 0.6) is 0 Å². The molecular weight excluding hydrogens is 411 g/mol. The molecular formula is C23H23FN6O2. The summed E-state index contributed by atoms with van der Waals surface area (Å²) in [5.41, 5.74) is 0.977. The quantitative estimate of drug-likeness (QED) is 0.685. The molecule has 32 heavy (non-hydrogen) atoms. The van der Waals surface area contributed by atoms with Crippen LogP contribution in [0.3, 0.4) is 0 Å². The number of likely N-dealkylation sites (tertiary alicyclic amines) is 1. The maximum absolute atomic E-state index is 13.4. The number of nitrogens with zero attached hydrogens (tertiary/aromatic N) is 5. The van der Waals surface area contributed by atoms with Crippen LogP contribution in [-0.4, -0.2) is 44.7 Å². The Morgan fingerprint density at radius 1 is 1.09 bits per heavy atom. The van der Waals surface area contributed by atoms with Gasteiger partial charge in [0, 0.05) is 37.2 Å². The van der Waals surface area contributed by atoms with Gasteiger partial charge < -0.3 is 10.2 Å². The van der Waals surface area contributed by atoms with Crippen LogP contribution >= 0.6 is 0 Å². The molecule has 0 aliphatic carbocycles. The first-order valence-electron chi connectivity index (χ1n) is 10.6. The monoisotopic (exact) mass is 434 g/mol. The number of hydrogen-bond acceptors (Lipinski definition) is 4. The number of nitrogens with one attached hydrogen (secondary N) is 1. The zero-order chi connectivity index (χ0) is 22.1. The molecule has 1 saturated heterocycles. The van der Waals surface area contributed by atoms with Gasteiger partial charge in [0.1, 0.15) is 11.6 Å². The second-order valence-corrected chi connectivity index (χ2v) is 8.27. The fraction of sp³-hybridized carbons (Fsp3) is 0.304. The number of urea groups is 1. The number of carbonyl (C=O) groups is 2. The van der Waals surface area contributed by atoms with Crippen LogP contribution in [-0.2, 0) is 16.9 Å². The maximum atomic E-state index is 13.4. The average molecular weight is 434 g/mol. The minimum Gasteiger partial charge on any atom is -0.324 e. The highest BCUT2D eigenvalue weighted by atomic mass is 19.1. The molecule has 4 heterocycles. The van der Waals surface area contributed by atoms with Crippen LogP contribution < -0.4 is 10.2 Å². The molecule has 0 radical (unpaired) electrons. The van der Waals surface area contributed by atoms with Gasteiger partial charge in [-0.3, -0.25) is 14.7 Å². The van der Waals surface area contributed by atoms with Crippen molar-refractivity contribution in [1.29, 1.82) is 0 Å². The molecule has 9 heteroatoms. The molecule has 1 aromatic carbocycles. The lowest BCUT2D eigenvalue weighted by Gasteiger charge is -2.46. The SMILES string of the molecule is O=C(Nc1cccc(F)c1)N1CCC2(CC1)CC(=O)N(Cc1ccncc1)c1ccnn12. The van der Waals surface area contributed by atoms with E-state index < -0.39 is 11.4 Å². The molecule has 1 N–H and O–H groups in total. The zero-order valence-corrected chi connectivity index (χ0v) is 17.4. The molecule has 5 rings (SSSR count). The van der Waals surface area contributed by atoms with Gasteiger partial charge in [0.25, 0.3) is 0 Å². The molecule has 2 aliphatic heterocycles. The standard InChI is InChI=1S/C23H23FN6O2/c24-18-2-1-3-19(14-18)27-22(32)28-12-7-23(8-13-28)15-21(31)29(20-6-11-26-30(20)23)16-17-4-9-25-10-5-17/h1-6,9-11,14H,7-8,12-13,15-16H2,(H,27,32). The molecule has 0 unspecified atom stereocenters. The lowest BCUT2D eigenvalue weighted by atomic mass is 9.82. The first kappa shape index (κ1) is 20.2. The third kappa shape index (κ3) is 3.70. The van der Waals surface area contributed by atoms with Crippen molar-refractivity contribution in [3.8, 4) is 0 Å². The molecule has 2 aromatic heterocycles. The number of halogens is 1. The van der Waals surface area contributed by atoms with Crippen LogP contribution in [0.4, 0.5) is 20.7 Å². The van der Waals surface area contributed by atoms with E-state index >= 15 is 0 Å². The van der Waals surface area contributed by atoms with Crippen molar-refractivity contribution in [3.63, 3.8) is 0 Å². The van der Waals surface area contributed by atoms with Crippen molar-refractivity contribution in [2.75, 3.05) is 23.3 Å². The molecule has 0 saturated carbocycles. The second-order valence-electron chi connectivity index (χ2n) is 8.27.